The summed E-state index contributed by atoms with van der Waals surface area (Å²) in [6.07, 6.45) is 2.07. The number of nitrogens with zero attached hydrogens (tertiary/aromatic N) is 3. The summed E-state index contributed by atoms with van der Waals surface area (Å²) in [5.74, 6) is 1.07. The lowest BCUT2D eigenvalue weighted by Crippen LogP contribution is -2.50. The minimum Gasteiger partial charge on any atom is -0.497 e. The van der Waals surface area contributed by atoms with Crippen LogP contribution in [0.4, 0.5) is 0 Å². The third kappa shape index (κ3) is 4.51. The highest BCUT2D eigenvalue weighted by Crippen LogP contribution is 2.33. The number of aliphatic hydroxyl groups excluding tert-OH is 1. The fourth-order valence-electron chi connectivity index (χ4n) is 3.86. The molecule has 0 aromatic heterocycles. The number of rotatable bonds is 6. The molecule has 2 saturated heterocycles. The summed E-state index contributed by atoms with van der Waals surface area (Å²) in [5, 5.41) is 9.02. The fourth-order valence-corrected chi connectivity index (χ4v) is 3.86. The number of methoxy groups -OCH3 is 1. The van der Waals surface area contributed by atoms with Crippen molar-refractivity contribution in [1.29, 1.82) is 0 Å². The van der Waals surface area contributed by atoms with Gasteiger partial charge in [-0.05, 0) is 30.5 Å². The van der Waals surface area contributed by atoms with E-state index in [2.05, 4.69) is 15.9 Å². The predicted molar refractivity (Wildman–Crippen MR) is 96.6 cm³/mol. The fraction of sp³-hybridized carbons (Fsp3) is 0.632. The average Bonchev–Trinajstić information content (AvgIpc) is 3.13. The number of likely N-dealkylation sites (tertiary alicyclic amines) is 1. The van der Waals surface area contributed by atoms with Crippen molar-refractivity contribution in [2.24, 2.45) is 0 Å². The van der Waals surface area contributed by atoms with Gasteiger partial charge >= 0.3 is 0 Å². The third-order valence-corrected chi connectivity index (χ3v) is 5.29. The van der Waals surface area contributed by atoms with E-state index in [9.17, 15) is 4.79 Å². The summed E-state index contributed by atoms with van der Waals surface area (Å²) in [4.78, 5) is 19.4. The highest BCUT2D eigenvalue weighted by atomic mass is 16.5. The standard InChI is InChI=1S/C19H29N3O3/c1-25-17-5-2-4-16(14-17)18-6-3-7-22(18)19(24)15-21-10-8-20(9-11-21)12-13-23/h2,4-5,14,18,23H,3,6-13,15H2,1H3. The molecular weight excluding hydrogens is 318 g/mol. The molecule has 1 atom stereocenters. The Balaban J connectivity index is 1.58. The molecule has 25 heavy (non-hydrogen) atoms. The Bertz CT molecular complexity index is 573. The number of carbonyl (C=O) groups is 1. The van der Waals surface area contributed by atoms with Gasteiger partial charge in [0, 0.05) is 39.3 Å². The monoisotopic (exact) mass is 347 g/mol. The van der Waals surface area contributed by atoms with E-state index in [0.717, 1.165) is 63.4 Å². The van der Waals surface area contributed by atoms with Crippen LogP contribution in [0.5, 0.6) is 5.75 Å². The molecule has 2 aliphatic rings. The number of piperazine rings is 1. The van der Waals surface area contributed by atoms with Crippen molar-refractivity contribution in [2.75, 3.05) is 59.5 Å². The van der Waals surface area contributed by atoms with Crippen molar-refractivity contribution in [1.82, 2.24) is 14.7 Å². The number of hydrogen-bond acceptors (Lipinski definition) is 5. The molecule has 1 unspecified atom stereocenters. The van der Waals surface area contributed by atoms with Crippen LogP contribution in [0.1, 0.15) is 24.4 Å². The van der Waals surface area contributed by atoms with Crippen molar-refractivity contribution in [3.8, 4) is 5.75 Å². The predicted octanol–water partition coefficient (Wildman–Crippen LogP) is 0.969. The van der Waals surface area contributed by atoms with Gasteiger partial charge in [-0.1, -0.05) is 12.1 Å². The molecule has 1 aromatic carbocycles. The van der Waals surface area contributed by atoms with Crippen LogP contribution >= 0.6 is 0 Å². The minimum atomic E-state index is 0.165. The third-order valence-electron chi connectivity index (χ3n) is 5.29. The molecule has 3 rings (SSSR count). The highest BCUT2D eigenvalue weighted by molar-refractivity contribution is 5.79. The van der Waals surface area contributed by atoms with Crippen LogP contribution in [0.15, 0.2) is 24.3 Å². The molecule has 1 aromatic rings. The van der Waals surface area contributed by atoms with Crippen molar-refractivity contribution < 1.29 is 14.6 Å². The molecule has 1 N–H and O–H groups in total. The van der Waals surface area contributed by atoms with Gasteiger partial charge in [-0.15, -0.1) is 0 Å². The highest BCUT2D eigenvalue weighted by Gasteiger charge is 2.31. The van der Waals surface area contributed by atoms with Gasteiger partial charge in [-0.25, -0.2) is 0 Å². The van der Waals surface area contributed by atoms with Gasteiger partial charge in [-0.2, -0.15) is 0 Å². The first-order valence-corrected chi connectivity index (χ1v) is 9.20. The molecule has 0 radical (unpaired) electrons. The van der Waals surface area contributed by atoms with Crippen molar-refractivity contribution in [3.05, 3.63) is 29.8 Å². The first-order chi connectivity index (χ1) is 12.2. The maximum absolute atomic E-state index is 12.9. The van der Waals surface area contributed by atoms with E-state index >= 15 is 0 Å². The zero-order chi connectivity index (χ0) is 17.6. The van der Waals surface area contributed by atoms with Crippen molar-refractivity contribution in [2.45, 2.75) is 18.9 Å². The summed E-state index contributed by atoms with van der Waals surface area (Å²) in [5.41, 5.74) is 1.16. The van der Waals surface area contributed by atoms with Gasteiger partial charge in [0.25, 0.3) is 0 Å². The minimum absolute atomic E-state index is 0.165. The van der Waals surface area contributed by atoms with Gasteiger partial charge in [0.1, 0.15) is 5.75 Å². The second-order valence-corrected chi connectivity index (χ2v) is 6.86. The van der Waals surface area contributed by atoms with E-state index in [1.807, 2.05) is 23.1 Å². The van der Waals surface area contributed by atoms with Gasteiger partial charge in [0.05, 0.1) is 26.3 Å². The Hall–Kier alpha value is -1.63. The number of β-amino-alcohol motifs (C(OH)–C–C–N with tert-alkyl or cyclic N) is 1. The lowest BCUT2D eigenvalue weighted by atomic mass is 10.0. The molecule has 2 fully saturated rings. The Morgan fingerprint density at radius 2 is 1.96 bits per heavy atom. The van der Waals surface area contributed by atoms with E-state index in [4.69, 9.17) is 9.84 Å². The quantitative estimate of drug-likeness (QED) is 0.831. The number of hydrogen-bond donors (Lipinski definition) is 1. The summed E-state index contributed by atoms with van der Waals surface area (Å²) in [6.45, 7) is 5.90. The van der Waals surface area contributed by atoms with E-state index in [1.54, 1.807) is 7.11 Å². The number of benzene rings is 1. The van der Waals surface area contributed by atoms with E-state index in [1.165, 1.54) is 0 Å². The van der Waals surface area contributed by atoms with E-state index in [-0.39, 0.29) is 18.6 Å². The average molecular weight is 347 g/mol. The summed E-state index contributed by atoms with van der Waals surface area (Å²) in [6, 6.07) is 8.24. The maximum atomic E-state index is 12.9. The molecule has 2 heterocycles. The van der Waals surface area contributed by atoms with Gasteiger partial charge in [0.15, 0.2) is 0 Å². The Morgan fingerprint density at radius 1 is 1.20 bits per heavy atom. The number of ether oxygens (including phenoxy) is 1. The lowest BCUT2D eigenvalue weighted by Gasteiger charge is -2.35. The molecule has 6 nitrogen and oxygen atoms in total. The Kier molecular flexibility index (Phi) is 6.29. The summed E-state index contributed by atoms with van der Waals surface area (Å²) < 4.78 is 5.33. The molecule has 0 saturated carbocycles. The van der Waals surface area contributed by atoms with Crippen molar-refractivity contribution in [3.63, 3.8) is 0 Å². The molecular formula is C19H29N3O3. The molecule has 6 heteroatoms. The second kappa shape index (κ2) is 8.65. The molecule has 0 aliphatic carbocycles. The SMILES string of the molecule is COc1cccc(C2CCCN2C(=O)CN2CCN(CCO)CC2)c1. The van der Waals surface area contributed by atoms with Crippen LogP contribution in [-0.2, 0) is 4.79 Å². The Morgan fingerprint density at radius 3 is 2.68 bits per heavy atom. The molecule has 0 bridgehead atoms. The molecule has 0 spiro atoms. The molecule has 138 valence electrons. The summed E-state index contributed by atoms with van der Waals surface area (Å²) in [7, 11) is 1.67. The van der Waals surface area contributed by atoms with Crippen LogP contribution in [0.25, 0.3) is 0 Å². The van der Waals surface area contributed by atoms with Gasteiger partial charge < -0.3 is 14.7 Å². The van der Waals surface area contributed by atoms with Crippen LogP contribution in [0.3, 0.4) is 0 Å². The van der Waals surface area contributed by atoms with E-state index in [0.29, 0.717) is 6.54 Å². The first kappa shape index (κ1) is 18.2. The number of carbonyl (C=O) groups excluding carboxylic acids is 1. The number of aliphatic hydroxyl groups is 1. The normalized spacial score (nSPS) is 22.3. The van der Waals surface area contributed by atoms with Crippen LogP contribution < -0.4 is 4.74 Å². The largest absolute Gasteiger partial charge is 0.497 e. The first-order valence-electron chi connectivity index (χ1n) is 9.20. The summed E-state index contributed by atoms with van der Waals surface area (Å²) >= 11 is 0. The van der Waals surface area contributed by atoms with Crippen LogP contribution in [-0.4, -0.2) is 85.2 Å². The Labute approximate surface area is 150 Å². The van der Waals surface area contributed by atoms with E-state index < -0.39 is 0 Å². The van der Waals surface area contributed by atoms with Crippen LogP contribution in [0, 0.1) is 0 Å². The zero-order valence-electron chi connectivity index (χ0n) is 15.1. The van der Waals surface area contributed by atoms with Crippen molar-refractivity contribution >= 4 is 5.91 Å². The van der Waals surface area contributed by atoms with Gasteiger partial charge in [0.2, 0.25) is 5.91 Å². The lowest BCUT2D eigenvalue weighted by molar-refractivity contribution is -0.133. The maximum Gasteiger partial charge on any atom is 0.237 e. The van der Waals surface area contributed by atoms with Gasteiger partial charge in [-0.3, -0.25) is 14.6 Å². The smallest absolute Gasteiger partial charge is 0.237 e. The zero-order valence-corrected chi connectivity index (χ0v) is 15.1. The second-order valence-electron chi connectivity index (χ2n) is 6.86. The van der Waals surface area contributed by atoms with Crippen LogP contribution in [0.2, 0.25) is 0 Å². The molecule has 2 aliphatic heterocycles. The number of amides is 1. The molecule has 1 amide bonds. The topological polar surface area (TPSA) is 56.2 Å².